The van der Waals surface area contributed by atoms with Crippen LogP contribution in [0.2, 0.25) is 0 Å². The van der Waals surface area contributed by atoms with Crippen LogP contribution in [-0.2, 0) is 15.9 Å². The molecule has 0 fully saturated rings. The van der Waals surface area contributed by atoms with Crippen LogP contribution in [0.15, 0.2) is 27.8 Å². The van der Waals surface area contributed by atoms with Gasteiger partial charge in [-0.15, -0.1) is 0 Å². The molecule has 0 atom stereocenters. The van der Waals surface area contributed by atoms with Gasteiger partial charge >= 0.3 is 0 Å². The Kier molecular flexibility index (Phi) is 10.2. The molecule has 1 aromatic heterocycles. The first kappa shape index (κ1) is 17.5. The summed E-state index contributed by atoms with van der Waals surface area (Å²) in [4.78, 5) is 4.54. The summed E-state index contributed by atoms with van der Waals surface area (Å²) in [5.41, 5.74) is 0. The standard InChI is InChI=1S/C15H27N3O3/c1-19-11-4-3-8-16-15(18-10-13-20-2)17-9-7-14-6-5-12-21-14/h5-6,12H,3-4,7-11,13H2,1-2H3,(H2,16,17,18). The lowest BCUT2D eigenvalue weighted by atomic mass is 10.3. The highest BCUT2D eigenvalue weighted by atomic mass is 16.5. The third kappa shape index (κ3) is 9.10. The van der Waals surface area contributed by atoms with E-state index in [1.165, 1.54) is 0 Å². The highest BCUT2D eigenvalue weighted by Gasteiger charge is 2.00. The molecule has 0 aliphatic heterocycles. The van der Waals surface area contributed by atoms with Gasteiger partial charge in [-0.25, -0.2) is 0 Å². The molecule has 0 aliphatic carbocycles. The maximum absolute atomic E-state index is 5.31. The number of nitrogens with zero attached hydrogens (tertiary/aromatic N) is 1. The molecular formula is C15H27N3O3. The summed E-state index contributed by atoms with van der Waals surface area (Å²) in [5, 5.41) is 6.54. The fourth-order valence-corrected chi connectivity index (χ4v) is 1.75. The quantitative estimate of drug-likeness (QED) is 0.367. The molecule has 21 heavy (non-hydrogen) atoms. The zero-order chi connectivity index (χ0) is 15.2. The Morgan fingerprint density at radius 2 is 1.95 bits per heavy atom. The predicted octanol–water partition coefficient (Wildman–Crippen LogP) is 1.43. The monoisotopic (exact) mass is 297 g/mol. The largest absolute Gasteiger partial charge is 0.469 e. The van der Waals surface area contributed by atoms with Crippen LogP contribution in [0.5, 0.6) is 0 Å². The minimum absolute atomic E-state index is 0.655. The number of rotatable bonds is 11. The fraction of sp³-hybridized carbons (Fsp3) is 0.667. The first-order valence-corrected chi connectivity index (χ1v) is 7.39. The van der Waals surface area contributed by atoms with Crippen LogP contribution in [0.25, 0.3) is 0 Å². The highest BCUT2D eigenvalue weighted by molar-refractivity contribution is 5.79. The Morgan fingerprint density at radius 1 is 1.14 bits per heavy atom. The summed E-state index contributed by atoms with van der Waals surface area (Å²) < 4.78 is 15.4. The van der Waals surface area contributed by atoms with Gasteiger partial charge in [-0.1, -0.05) is 0 Å². The molecule has 0 aliphatic rings. The number of methoxy groups -OCH3 is 2. The zero-order valence-corrected chi connectivity index (χ0v) is 13.1. The maximum Gasteiger partial charge on any atom is 0.191 e. The summed E-state index contributed by atoms with van der Waals surface area (Å²) in [7, 11) is 3.41. The Balaban J connectivity index is 2.26. The molecule has 0 aromatic carbocycles. The first-order chi connectivity index (χ1) is 10.4. The minimum Gasteiger partial charge on any atom is -0.469 e. The van der Waals surface area contributed by atoms with E-state index in [1.54, 1.807) is 20.5 Å². The summed E-state index contributed by atoms with van der Waals surface area (Å²) >= 11 is 0. The molecule has 0 unspecified atom stereocenters. The molecule has 1 heterocycles. The van der Waals surface area contributed by atoms with Crippen LogP contribution in [0, 0.1) is 0 Å². The SMILES string of the molecule is COCCCCN=C(NCCOC)NCCc1ccco1. The van der Waals surface area contributed by atoms with Gasteiger partial charge in [0, 0.05) is 46.9 Å². The van der Waals surface area contributed by atoms with E-state index in [4.69, 9.17) is 13.9 Å². The smallest absolute Gasteiger partial charge is 0.191 e. The fourth-order valence-electron chi connectivity index (χ4n) is 1.75. The van der Waals surface area contributed by atoms with Gasteiger partial charge in [-0.05, 0) is 25.0 Å². The van der Waals surface area contributed by atoms with E-state index in [1.807, 2.05) is 12.1 Å². The van der Waals surface area contributed by atoms with Gasteiger partial charge in [0.2, 0.25) is 0 Å². The Hall–Kier alpha value is -1.53. The molecule has 0 amide bonds. The molecule has 120 valence electrons. The van der Waals surface area contributed by atoms with E-state index < -0.39 is 0 Å². The van der Waals surface area contributed by atoms with Crippen molar-refractivity contribution in [2.45, 2.75) is 19.3 Å². The van der Waals surface area contributed by atoms with Crippen molar-refractivity contribution in [3.63, 3.8) is 0 Å². The lowest BCUT2D eigenvalue weighted by molar-refractivity contribution is 0.193. The highest BCUT2D eigenvalue weighted by Crippen LogP contribution is 1.99. The molecule has 6 nitrogen and oxygen atoms in total. The average molecular weight is 297 g/mol. The second-order valence-corrected chi connectivity index (χ2v) is 4.61. The number of hydrogen-bond acceptors (Lipinski definition) is 4. The molecule has 0 bridgehead atoms. The van der Waals surface area contributed by atoms with E-state index in [0.717, 1.165) is 57.2 Å². The van der Waals surface area contributed by atoms with Crippen LogP contribution in [0.1, 0.15) is 18.6 Å². The van der Waals surface area contributed by atoms with Crippen molar-refractivity contribution in [3.05, 3.63) is 24.2 Å². The van der Waals surface area contributed by atoms with Crippen molar-refractivity contribution >= 4 is 5.96 Å². The van der Waals surface area contributed by atoms with Crippen molar-refractivity contribution in [2.75, 3.05) is 47.1 Å². The average Bonchev–Trinajstić information content (AvgIpc) is 3.00. The number of guanidine groups is 1. The summed E-state index contributed by atoms with van der Waals surface area (Å²) in [6.45, 7) is 3.74. The van der Waals surface area contributed by atoms with E-state index in [0.29, 0.717) is 6.61 Å². The molecule has 0 saturated carbocycles. The molecule has 1 aromatic rings. The van der Waals surface area contributed by atoms with E-state index in [-0.39, 0.29) is 0 Å². The van der Waals surface area contributed by atoms with Crippen molar-refractivity contribution < 1.29 is 13.9 Å². The first-order valence-electron chi connectivity index (χ1n) is 7.39. The maximum atomic E-state index is 5.31. The lowest BCUT2D eigenvalue weighted by Gasteiger charge is -2.12. The van der Waals surface area contributed by atoms with Gasteiger partial charge in [0.1, 0.15) is 5.76 Å². The van der Waals surface area contributed by atoms with Gasteiger partial charge in [-0.2, -0.15) is 0 Å². The molecule has 6 heteroatoms. The number of nitrogens with one attached hydrogen (secondary N) is 2. The number of ether oxygens (including phenoxy) is 2. The number of furan rings is 1. The lowest BCUT2D eigenvalue weighted by Crippen LogP contribution is -2.40. The molecule has 0 saturated heterocycles. The van der Waals surface area contributed by atoms with Crippen molar-refractivity contribution in [1.29, 1.82) is 0 Å². The van der Waals surface area contributed by atoms with Crippen molar-refractivity contribution in [1.82, 2.24) is 10.6 Å². The number of aliphatic imine (C=N–C) groups is 1. The Bertz CT molecular complexity index is 366. The van der Waals surface area contributed by atoms with Crippen LogP contribution in [-0.4, -0.2) is 53.0 Å². The molecular weight excluding hydrogens is 270 g/mol. The van der Waals surface area contributed by atoms with Gasteiger partial charge in [-0.3, -0.25) is 4.99 Å². The van der Waals surface area contributed by atoms with Crippen molar-refractivity contribution in [2.24, 2.45) is 4.99 Å². The van der Waals surface area contributed by atoms with Crippen LogP contribution < -0.4 is 10.6 Å². The third-order valence-electron chi connectivity index (χ3n) is 2.87. The molecule has 0 radical (unpaired) electrons. The topological polar surface area (TPSA) is 68.0 Å². The number of unbranched alkanes of at least 4 members (excludes halogenated alkanes) is 1. The zero-order valence-electron chi connectivity index (χ0n) is 13.1. The predicted molar refractivity (Wildman–Crippen MR) is 83.7 cm³/mol. The summed E-state index contributed by atoms with van der Waals surface area (Å²) in [5.74, 6) is 1.79. The van der Waals surface area contributed by atoms with Gasteiger partial charge < -0.3 is 24.5 Å². The van der Waals surface area contributed by atoms with Crippen molar-refractivity contribution in [3.8, 4) is 0 Å². The van der Waals surface area contributed by atoms with Gasteiger partial charge in [0.05, 0.1) is 12.9 Å². The Morgan fingerprint density at radius 3 is 2.67 bits per heavy atom. The second-order valence-electron chi connectivity index (χ2n) is 4.61. The third-order valence-corrected chi connectivity index (χ3v) is 2.87. The normalized spacial score (nSPS) is 11.6. The number of hydrogen-bond donors (Lipinski definition) is 2. The Labute approximate surface area is 126 Å². The molecule has 1 rings (SSSR count). The summed E-state index contributed by atoms with van der Waals surface area (Å²) in [6.07, 6.45) is 4.57. The molecule has 0 spiro atoms. The minimum atomic E-state index is 0.655. The summed E-state index contributed by atoms with van der Waals surface area (Å²) in [6, 6.07) is 3.87. The van der Waals surface area contributed by atoms with E-state index in [9.17, 15) is 0 Å². The molecule has 2 N–H and O–H groups in total. The van der Waals surface area contributed by atoms with E-state index in [2.05, 4.69) is 15.6 Å². The van der Waals surface area contributed by atoms with Crippen LogP contribution in [0.3, 0.4) is 0 Å². The van der Waals surface area contributed by atoms with Crippen LogP contribution in [0.4, 0.5) is 0 Å². The van der Waals surface area contributed by atoms with E-state index >= 15 is 0 Å². The second kappa shape index (κ2) is 12.2. The van der Waals surface area contributed by atoms with Crippen LogP contribution >= 0.6 is 0 Å². The van der Waals surface area contributed by atoms with Gasteiger partial charge in [0.15, 0.2) is 5.96 Å². The van der Waals surface area contributed by atoms with Gasteiger partial charge in [0.25, 0.3) is 0 Å².